The number of nitrogens with zero attached hydrogens (tertiary/aromatic N) is 2. The van der Waals surface area contributed by atoms with Gasteiger partial charge in [-0.25, -0.2) is 4.98 Å². The van der Waals surface area contributed by atoms with Crippen molar-refractivity contribution in [3.05, 3.63) is 22.9 Å². The highest BCUT2D eigenvalue weighted by Crippen LogP contribution is 2.24. The Bertz CT molecular complexity index is 593. The molecule has 0 saturated heterocycles. The smallest absolute Gasteiger partial charge is 0.180 e. The number of benzene rings is 1. The molecule has 0 bridgehead atoms. The van der Waals surface area contributed by atoms with Crippen molar-refractivity contribution < 1.29 is 9.47 Å². The molecule has 110 valence electrons. The van der Waals surface area contributed by atoms with Crippen LogP contribution in [0, 0.1) is 0 Å². The standard InChI is InChI=1S/C14H21BrN2O2Si/c1-18-11-5-6-12-13(9-11)17(14(15)16-12)10-19-7-8-20(2,3)4/h5-6,9H,7-8,10H2,1-4H3. The molecule has 0 saturated carbocycles. The van der Waals surface area contributed by atoms with Crippen LogP contribution in [-0.2, 0) is 11.5 Å². The van der Waals surface area contributed by atoms with E-state index in [2.05, 4.69) is 40.6 Å². The van der Waals surface area contributed by atoms with Gasteiger partial charge in [0.05, 0.1) is 18.1 Å². The molecule has 2 aromatic rings. The van der Waals surface area contributed by atoms with Gasteiger partial charge in [-0.3, -0.25) is 4.57 Å². The van der Waals surface area contributed by atoms with Gasteiger partial charge in [-0.1, -0.05) is 19.6 Å². The summed E-state index contributed by atoms with van der Waals surface area (Å²) in [7, 11) is 0.625. The van der Waals surface area contributed by atoms with Crippen LogP contribution in [-0.4, -0.2) is 31.3 Å². The molecule has 4 nitrogen and oxygen atoms in total. The van der Waals surface area contributed by atoms with Crippen LogP contribution in [0.1, 0.15) is 0 Å². The van der Waals surface area contributed by atoms with Crippen molar-refractivity contribution in [1.29, 1.82) is 0 Å². The summed E-state index contributed by atoms with van der Waals surface area (Å²) >= 11 is 3.49. The summed E-state index contributed by atoms with van der Waals surface area (Å²) in [4.78, 5) is 4.47. The van der Waals surface area contributed by atoms with E-state index in [4.69, 9.17) is 9.47 Å². The van der Waals surface area contributed by atoms with Crippen molar-refractivity contribution in [3.63, 3.8) is 0 Å². The Kier molecular flexibility index (Phi) is 4.88. The topological polar surface area (TPSA) is 36.3 Å². The van der Waals surface area contributed by atoms with Crippen LogP contribution in [0.15, 0.2) is 22.9 Å². The molecule has 0 unspecified atom stereocenters. The van der Waals surface area contributed by atoms with E-state index < -0.39 is 8.07 Å². The lowest BCUT2D eigenvalue weighted by Gasteiger charge is -2.16. The maximum atomic E-state index is 5.80. The number of ether oxygens (including phenoxy) is 2. The van der Waals surface area contributed by atoms with Crippen LogP contribution in [0.2, 0.25) is 25.7 Å². The van der Waals surface area contributed by atoms with E-state index in [-0.39, 0.29) is 0 Å². The fraction of sp³-hybridized carbons (Fsp3) is 0.500. The third-order valence-corrected chi connectivity index (χ3v) is 5.44. The van der Waals surface area contributed by atoms with Gasteiger partial charge in [-0.15, -0.1) is 0 Å². The second kappa shape index (κ2) is 6.28. The summed E-state index contributed by atoms with van der Waals surface area (Å²) in [5.74, 6) is 0.827. The number of halogens is 1. The summed E-state index contributed by atoms with van der Waals surface area (Å²) in [5, 5.41) is 0. The van der Waals surface area contributed by atoms with Gasteiger partial charge in [-0.2, -0.15) is 0 Å². The van der Waals surface area contributed by atoms with E-state index in [0.29, 0.717) is 6.73 Å². The molecule has 0 amide bonds. The van der Waals surface area contributed by atoms with Crippen LogP contribution in [0.25, 0.3) is 11.0 Å². The van der Waals surface area contributed by atoms with Gasteiger partial charge in [0.1, 0.15) is 12.5 Å². The molecule has 2 rings (SSSR count). The first-order valence-electron chi connectivity index (χ1n) is 6.68. The van der Waals surface area contributed by atoms with Crippen molar-refractivity contribution in [3.8, 4) is 5.75 Å². The zero-order valence-electron chi connectivity index (χ0n) is 12.4. The first-order chi connectivity index (χ1) is 9.40. The molecule has 0 N–H and O–H groups in total. The zero-order valence-corrected chi connectivity index (χ0v) is 15.0. The van der Waals surface area contributed by atoms with E-state index in [0.717, 1.165) is 28.1 Å². The maximum Gasteiger partial charge on any atom is 0.180 e. The van der Waals surface area contributed by atoms with Gasteiger partial charge in [0.2, 0.25) is 0 Å². The lowest BCUT2D eigenvalue weighted by Crippen LogP contribution is -2.22. The predicted molar refractivity (Wildman–Crippen MR) is 88.1 cm³/mol. The van der Waals surface area contributed by atoms with Gasteiger partial charge in [0, 0.05) is 20.7 Å². The second-order valence-corrected chi connectivity index (χ2v) is 12.3. The van der Waals surface area contributed by atoms with E-state index in [1.807, 2.05) is 22.8 Å². The van der Waals surface area contributed by atoms with Crippen LogP contribution in [0.5, 0.6) is 5.75 Å². The summed E-state index contributed by atoms with van der Waals surface area (Å²) in [5.41, 5.74) is 1.95. The minimum Gasteiger partial charge on any atom is -0.497 e. The predicted octanol–water partition coefficient (Wildman–Crippen LogP) is 4.12. The molecule has 1 aromatic heterocycles. The van der Waals surface area contributed by atoms with E-state index in [1.54, 1.807) is 7.11 Å². The molecule has 1 heterocycles. The molecule has 1 aromatic carbocycles. The van der Waals surface area contributed by atoms with Crippen LogP contribution in [0.4, 0.5) is 0 Å². The molecule has 0 aliphatic rings. The monoisotopic (exact) mass is 356 g/mol. The number of aromatic nitrogens is 2. The van der Waals surface area contributed by atoms with Crippen molar-refractivity contribution >= 4 is 35.0 Å². The highest BCUT2D eigenvalue weighted by Gasteiger charge is 2.13. The van der Waals surface area contributed by atoms with E-state index >= 15 is 0 Å². The minimum absolute atomic E-state index is 0.509. The fourth-order valence-electron chi connectivity index (χ4n) is 1.86. The zero-order chi connectivity index (χ0) is 14.8. The Morgan fingerprint density at radius 3 is 2.70 bits per heavy atom. The van der Waals surface area contributed by atoms with Gasteiger partial charge < -0.3 is 9.47 Å². The van der Waals surface area contributed by atoms with Gasteiger partial charge in [-0.05, 0) is 34.1 Å². The number of hydrogen-bond donors (Lipinski definition) is 0. The molecule has 0 aliphatic heterocycles. The average Bonchev–Trinajstić information content (AvgIpc) is 2.68. The van der Waals surface area contributed by atoms with Crippen LogP contribution < -0.4 is 4.74 Å². The summed E-state index contributed by atoms with van der Waals surface area (Å²) in [6.07, 6.45) is 0. The molecule has 0 radical (unpaired) electrons. The van der Waals surface area contributed by atoms with E-state index in [9.17, 15) is 0 Å². The molecule has 0 spiro atoms. The first-order valence-corrected chi connectivity index (χ1v) is 11.2. The van der Waals surface area contributed by atoms with Crippen molar-refractivity contribution in [1.82, 2.24) is 9.55 Å². The third kappa shape index (κ3) is 3.83. The molecule has 20 heavy (non-hydrogen) atoms. The first kappa shape index (κ1) is 15.5. The minimum atomic E-state index is -1.04. The largest absolute Gasteiger partial charge is 0.497 e. The maximum absolute atomic E-state index is 5.80. The Labute approximate surface area is 129 Å². The summed E-state index contributed by atoms with van der Waals surface area (Å²) < 4.78 is 13.9. The average molecular weight is 357 g/mol. The van der Waals surface area contributed by atoms with Crippen molar-refractivity contribution in [2.75, 3.05) is 13.7 Å². The van der Waals surface area contributed by atoms with E-state index in [1.165, 1.54) is 6.04 Å². The van der Waals surface area contributed by atoms with Gasteiger partial charge >= 0.3 is 0 Å². The van der Waals surface area contributed by atoms with Crippen LogP contribution in [0.3, 0.4) is 0 Å². The Hall–Kier alpha value is -0.853. The quantitative estimate of drug-likeness (QED) is 0.576. The Morgan fingerprint density at radius 1 is 1.30 bits per heavy atom. The highest BCUT2D eigenvalue weighted by molar-refractivity contribution is 9.10. The summed E-state index contributed by atoms with van der Waals surface area (Å²) in [6, 6.07) is 7.02. The lowest BCUT2D eigenvalue weighted by atomic mass is 10.3. The lowest BCUT2D eigenvalue weighted by molar-refractivity contribution is 0.0883. The normalized spacial score (nSPS) is 12.1. The number of methoxy groups -OCH3 is 1. The van der Waals surface area contributed by atoms with Crippen LogP contribution >= 0.6 is 15.9 Å². The van der Waals surface area contributed by atoms with Crippen molar-refractivity contribution in [2.45, 2.75) is 32.4 Å². The molecular weight excluding hydrogens is 336 g/mol. The Morgan fingerprint density at radius 2 is 2.05 bits per heavy atom. The number of hydrogen-bond acceptors (Lipinski definition) is 3. The number of rotatable bonds is 6. The third-order valence-electron chi connectivity index (χ3n) is 3.13. The molecule has 6 heteroatoms. The molecule has 0 aliphatic carbocycles. The van der Waals surface area contributed by atoms with Gasteiger partial charge in [0.25, 0.3) is 0 Å². The number of imidazole rings is 1. The SMILES string of the molecule is COc1ccc2nc(Br)n(COCC[Si](C)(C)C)c2c1. The highest BCUT2D eigenvalue weighted by atomic mass is 79.9. The molecular formula is C14H21BrN2O2Si. The molecule has 0 atom stereocenters. The Balaban J connectivity index is 2.10. The fourth-order valence-corrected chi connectivity index (χ4v) is 3.10. The number of fused-ring (bicyclic) bond motifs is 1. The van der Waals surface area contributed by atoms with Gasteiger partial charge in [0.15, 0.2) is 4.73 Å². The van der Waals surface area contributed by atoms with Crippen molar-refractivity contribution in [2.24, 2.45) is 0 Å². The second-order valence-electron chi connectivity index (χ2n) is 6.01. The molecule has 0 fully saturated rings. The summed E-state index contributed by atoms with van der Waals surface area (Å²) in [6.45, 7) is 8.36.